The second-order valence-corrected chi connectivity index (χ2v) is 3.94. The highest BCUT2D eigenvalue weighted by Crippen LogP contribution is 2.30. The molecule has 0 radical (unpaired) electrons. The molecule has 0 aliphatic heterocycles. The summed E-state index contributed by atoms with van der Waals surface area (Å²) in [5.74, 6) is -1.86. The molecular weight excluding hydrogens is 218 g/mol. The normalized spacial score (nSPS) is 10.7. The van der Waals surface area contributed by atoms with E-state index in [-0.39, 0.29) is 0 Å². The number of aryl methyl sites for hydroxylation is 1. The van der Waals surface area contributed by atoms with E-state index < -0.39 is 22.8 Å². The lowest BCUT2D eigenvalue weighted by Gasteiger charge is -2.04. The topological polar surface area (TPSA) is 79.5 Å². The van der Waals surface area contributed by atoms with Gasteiger partial charge in [-0.3, -0.25) is 4.79 Å². The standard InChI is InChI=1S/C9H7NO4S/c1-10-4-2-3-15-7(4)6(11)5(8(10)12)9(13)14/h2-3,11H,1H3,(H,13,14). The van der Waals surface area contributed by atoms with Crippen LogP contribution in [0.4, 0.5) is 0 Å². The largest absolute Gasteiger partial charge is 0.505 e. The Morgan fingerprint density at radius 3 is 2.80 bits per heavy atom. The number of carboxylic acid groups (broad SMARTS) is 1. The molecule has 2 N–H and O–H groups in total. The zero-order valence-electron chi connectivity index (χ0n) is 7.72. The van der Waals surface area contributed by atoms with E-state index in [1.54, 1.807) is 11.4 Å². The summed E-state index contributed by atoms with van der Waals surface area (Å²) < 4.78 is 1.63. The summed E-state index contributed by atoms with van der Waals surface area (Å²) in [6, 6.07) is 1.66. The Kier molecular flexibility index (Phi) is 2.01. The lowest BCUT2D eigenvalue weighted by atomic mass is 10.2. The Morgan fingerprint density at radius 2 is 2.20 bits per heavy atom. The lowest BCUT2D eigenvalue weighted by molar-refractivity contribution is 0.0691. The van der Waals surface area contributed by atoms with Crippen molar-refractivity contribution in [1.82, 2.24) is 4.57 Å². The van der Waals surface area contributed by atoms with Crippen LogP contribution in [0.2, 0.25) is 0 Å². The van der Waals surface area contributed by atoms with Crippen LogP contribution in [0.1, 0.15) is 10.4 Å². The molecule has 0 spiro atoms. The minimum Gasteiger partial charge on any atom is -0.505 e. The number of carbonyl (C=O) groups is 1. The molecule has 0 amide bonds. The molecule has 0 aliphatic carbocycles. The van der Waals surface area contributed by atoms with E-state index in [4.69, 9.17) is 5.11 Å². The molecule has 0 atom stereocenters. The molecule has 0 saturated heterocycles. The van der Waals surface area contributed by atoms with E-state index in [0.29, 0.717) is 10.2 Å². The summed E-state index contributed by atoms with van der Waals surface area (Å²) in [6.07, 6.45) is 0. The van der Waals surface area contributed by atoms with E-state index in [2.05, 4.69) is 0 Å². The lowest BCUT2D eigenvalue weighted by Crippen LogP contribution is -2.24. The van der Waals surface area contributed by atoms with E-state index in [0.717, 1.165) is 0 Å². The first-order chi connectivity index (χ1) is 7.04. The number of aromatic nitrogens is 1. The Labute approximate surface area is 87.8 Å². The number of fused-ring (bicyclic) bond motifs is 1. The van der Waals surface area contributed by atoms with Crippen molar-refractivity contribution >= 4 is 27.5 Å². The highest BCUT2D eigenvalue weighted by atomic mass is 32.1. The minimum atomic E-state index is -1.41. The molecular formula is C9H7NO4S. The number of aromatic hydroxyl groups is 1. The second kappa shape index (κ2) is 3.09. The van der Waals surface area contributed by atoms with E-state index >= 15 is 0 Å². The number of hydrogen-bond acceptors (Lipinski definition) is 4. The first-order valence-corrected chi connectivity index (χ1v) is 4.94. The van der Waals surface area contributed by atoms with Crippen LogP contribution in [0.15, 0.2) is 16.2 Å². The molecule has 0 fully saturated rings. The summed E-state index contributed by atoms with van der Waals surface area (Å²) in [5, 5.41) is 20.1. The summed E-state index contributed by atoms with van der Waals surface area (Å²) in [7, 11) is 1.48. The molecule has 0 unspecified atom stereocenters. The van der Waals surface area contributed by atoms with Crippen LogP contribution in [0.3, 0.4) is 0 Å². The highest BCUT2D eigenvalue weighted by molar-refractivity contribution is 7.17. The zero-order valence-corrected chi connectivity index (χ0v) is 8.54. The third kappa shape index (κ3) is 1.22. The van der Waals surface area contributed by atoms with Crippen LogP contribution >= 0.6 is 11.3 Å². The van der Waals surface area contributed by atoms with Crippen molar-refractivity contribution in [1.29, 1.82) is 0 Å². The maximum atomic E-state index is 11.6. The van der Waals surface area contributed by atoms with E-state index in [1.807, 2.05) is 0 Å². The monoisotopic (exact) mass is 225 g/mol. The van der Waals surface area contributed by atoms with Crippen molar-refractivity contribution < 1.29 is 15.0 Å². The molecule has 2 aromatic heterocycles. The fourth-order valence-electron chi connectivity index (χ4n) is 1.43. The Balaban J connectivity index is 3.05. The number of carboxylic acids is 1. The molecule has 78 valence electrons. The summed E-state index contributed by atoms with van der Waals surface area (Å²) >= 11 is 1.20. The van der Waals surface area contributed by atoms with Gasteiger partial charge in [-0.2, -0.15) is 0 Å². The van der Waals surface area contributed by atoms with E-state index in [9.17, 15) is 14.7 Å². The molecule has 2 rings (SSSR count). The molecule has 0 bridgehead atoms. The van der Waals surface area contributed by atoms with Crippen LogP contribution in [0.25, 0.3) is 10.2 Å². The third-order valence-electron chi connectivity index (χ3n) is 2.19. The average molecular weight is 225 g/mol. The summed E-state index contributed by atoms with van der Waals surface area (Å²) in [5.41, 5.74) is -0.745. The minimum absolute atomic E-state index is 0.412. The highest BCUT2D eigenvalue weighted by Gasteiger charge is 2.20. The van der Waals surface area contributed by atoms with Gasteiger partial charge in [0, 0.05) is 7.05 Å². The molecule has 0 aromatic carbocycles. The van der Waals surface area contributed by atoms with Gasteiger partial charge in [0.2, 0.25) is 0 Å². The molecule has 15 heavy (non-hydrogen) atoms. The van der Waals surface area contributed by atoms with Crippen LogP contribution < -0.4 is 5.56 Å². The summed E-state index contributed by atoms with van der Waals surface area (Å²) in [6.45, 7) is 0. The average Bonchev–Trinajstić information content (AvgIpc) is 2.62. The predicted molar refractivity (Wildman–Crippen MR) is 55.7 cm³/mol. The SMILES string of the molecule is Cn1c(=O)c(C(=O)O)c(O)c2sccc21. The van der Waals surface area contributed by atoms with Crippen LogP contribution in [-0.4, -0.2) is 20.7 Å². The van der Waals surface area contributed by atoms with Gasteiger partial charge in [0.25, 0.3) is 5.56 Å². The smallest absolute Gasteiger partial charge is 0.345 e. The van der Waals surface area contributed by atoms with Crippen molar-refractivity contribution in [2.75, 3.05) is 0 Å². The number of aromatic carboxylic acids is 1. The second-order valence-electron chi connectivity index (χ2n) is 3.03. The van der Waals surface area contributed by atoms with Gasteiger partial charge in [0.15, 0.2) is 11.3 Å². The third-order valence-corrected chi connectivity index (χ3v) is 3.10. The van der Waals surface area contributed by atoms with Crippen molar-refractivity contribution in [3.05, 3.63) is 27.4 Å². The molecule has 0 saturated carbocycles. The van der Waals surface area contributed by atoms with Gasteiger partial charge in [-0.05, 0) is 11.4 Å². The van der Waals surface area contributed by atoms with Gasteiger partial charge in [-0.25, -0.2) is 4.79 Å². The molecule has 2 aromatic rings. The van der Waals surface area contributed by atoms with Crippen LogP contribution in [0, 0.1) is 0 Å². The quantitative estimate of drug-likeness (QED) is 0.758. The first-order valence-electron chi connectivity index (χ1n) is 4.06. The van der Waals surface area contributed by atoms with Gasteiger partial charge in [0.1, 0.15) is 0 Å². The number of hydrogen-bond donors (Lipinski definition) is 2. The molecule has 6 heteroatoms. The van der Waals surface area contributed by atoms with Gasteiger partial charge >= 0.3 is 5.97 Å². The van der Waals surface area contributed by atoms with E-state index in [1.165, 1.54) is 23.0 Å². The van der Waals surface area contributed by atoms with Gasteiger partial charge in [0.05, 0.1) is 10.2 Å². The maximum absolute atomic E-state index is 11.6. The zero-order chi connectivity index (χ0) is 11.2. The number of thiophene rings is 1. The number of pyridine rings is 1. The van der Waals surface area contributed by atoms with Crippen molar-refractivity contribution in [3.63, 3.8) is 0 Å². The fraction of sp³-hybridized carbons (Fsp3) is 0.111. The Morgan fingerprint density at radius 1 is 1.53 bits per heavy atom. The number of nitrogens with zero attached hydrogens (tertiary/aromatic N) is 1. The van der Waals surface area contributed by atoms with Crippen molar-refractivity contribution in [2.45, 2.75) is 0 Å². The van der Waals surface area contributed by atoms with Gasteiger partial charge in [-0.15, -0.1) is 11.3 Å². The maximum Gasteiger partial charge on any atom is 0.345 e. The predicted octanol–water partition coefficient (Wildman–Crippen LogP) is 1.00. The van der Waals surface area contributed by atoms with Crippen molar-refractivity contribution in [3.8, 4) is 5.75 Å². The van der Waals surface area contributed by atoms with Gasteiger partial charge < -0.3 is 14.8 Å². The molecule has 2 heterocycles. The van der Waals surface area contributed by atoms with Crippen molar-refractivity contribution in [2.24, 2.45) is 7.05 Å². The van der Waals surface area contributed by atoms with Crippen LogP contribution in [0.5, 0.6) is 5.75 Å². The molecule has 5 nitrogen and oxygen atoms in total. The Bertz CT molecular complexity index is 610. The van der Waals surface area contributed by atoms with Crippen LogP contribution in [-0.2, 0) is 7.05 Å². The Hall–Kier alpha value is -1.82. The fourth-order valence-corrected chi connectivity index (χ4v) is 2.30. The summed E-state index contributed by atoms with van der Waals surface area (Å²) in [4.78, 5) is 22.4. The van der Waals surface area contributed by atoms with Gasteiger partial charge in [-0.1, -0.05) is 0 Å². The number of rotatable bonds is 1. The first kappa shape index (κ1) is 9.72. The molecule has 0 aliphatic rings.